The highest BCUT2D eigenvalue weighted by atomic mass is 16.5. The first kappa shape index (κ1) is 19.5. The lowest BCUT2D eigenvalue weighted by molar-refractivity contribution is -0.136. The van der Waals surface area contributed by atoms with Crippen molar-refractivity contribution in [3.8, 4) is 0 Å². The topological polar surface area (TPSA) is 97.4 Å². The molecule has 0 N–H and O–H groups in total. The molecule has 0 unspecified atom stereocenters. The van der Waals surface area contributed by atoms with Crippen molar-refractivity contribution in [1.29, 1.82) is 0 Å². The molecular formula is C22H24N6O3. The number of carbonyl (C=O) groups excluding carboxylic acids is 1. The second kappa shape index (κ2) is 7.64. The van der Waals surface area contributed by atoms with E-state index in [1.807, 2.05) is 19.1 Å². The van der Waals surface area contributed by atoms with Gasteiger partial charge in [-0.1, -0.05) is 11.2 Å². The monoisotopic (exact) mass is 420 g/mol. The normalized spacial score (nSPS) is 22.1. The summed E-state index contributed by atoms with van der Waals surface area (Å²) in [6.07, 6.45) is 3.92. The Kier molecular flexibility index (Phi) is 4.80. The van der Waals surface area contributed by atoms with Gasteiger partial charge < -0.3 is 14.3 Å². The number of amides is 1. The van der Waals surface area contributed by atoms with Crippen LogP contribution in [0.5, 0.6) is 0 Å². The lowest BCUT2D eigenvalue weighted by atomic mass is 9.78. The van der Waals surface area contributed by atoms with Crippen molar-refractivity contribution in [3.63, 3.8) is 0 Å². The molecule has 5 heterocycles. The van der Waals surface area contributed by atoms with Crippen LogP contribution >= 0.6 is 0 Å². The van der Waals surface area contributed by atoms with Crippen LogP contribution in [0.4, 0.5) is 5.82 Å². The molecular weight excluding hydrogens is 396 g/mol. The molecule has 0 aromatic carbocycles. The van der Waals surface area contributed by atoms with Crippen LogP contribution in [0.1, 0.15) is 35.5 Å². The van der Waals surface area contributed by atoms with Gasteiger partial charge in [0.25, 0.3) is 5.56 Å². The lowest BCUT2D eigenvalue weighted by Crippen LogP contribution is -2.53. The van der Waals surface area contributed by atoms with E-state index < -0.39 is 6.04 Å². The van der Waals surface area contributed by atoms with Crippen LogP contribution < -0.4 is 10.5 Å². The molecule has 1 amide bonds. The van der Waals surface area contributed by atoms with E-state index >= 15 is 0 Å². The second-order valence-electron chi connectivity index (χ2n) is 8.40. The molecule has 1 fully saturated rings. The molecule has 0 radical (unpaired) electrons. The van der Waals surface area contributed by atoms with Gasteiger partial charge >= 0.3 is 0 Å². The first-order valence-electron chi connectivity index (χ1n) is 10.4. The Morgan fingerprint density at radius 1 is 1.26 bits per heavy atom. The van der Waals surface area contributed by atoms with Gasteiger partial charge in [-0.2, -0.15) is 0 Å². The highest BCUT2D eigenvalue weighted by molar-refractivity contribution is 5.81. The molecule has 3 aromatic heterocycles. The fraction of sp³-hybridized carbons (Fsp3) is 0.409. The minimum absolute atomic E-state index is 0.00567. The summed E-state index contributed by atoms with van der Waals surface area (Å²) in [6.45, 7) is 3.68. The van der Waals surface area contributed by atoms with Gasteiger partial charge in [0.15, 0.2) is 0 Å². The van der Waals surface area contributed by atoms with Gasteiger partial charge in [-0.25, -0.2) is 9.97 Å². The molecule has 1 saturated heterocycles. The van der Waals surface area contributed by atoms with E-state index in [0.717, 1.165) is 30.2 Å². The van der Waals surface area contributed by atoms with E-state index in [1.54, 1.807) is 35.0 Å². The zero-order valence-electron chi connectivity index (χ0n) is 17.5. The van der Waals surface area contributed by atoms with Crippen LogP contribution in [0, 0.1) is 12.8 Å². The quantitative estimate of drug-likeness (QED) is 0.634. The molecule has 31 heavy (non-hydrogen) atoms. The molecule has 0 aliphatic carbocycles. The summed E-state index contributed by atoms with van der Waals surface area (Å²) in [5.41, 5.74) is 2.35. The SMILES string of the molecule is Cc1cc(N2C[C@@H]3C[C@H](C2)[C@H](C(=O)N(C)Cc2ccon2)n2c3cccc2=O)ncn1. The van der Waals surface area contributed by atoms with Crippen molar-refractivity contribution in [2.24, 2.45) is 5.92 Å². The first-order chi connectivity index (χ1) is 15.0. The Morgan fingerprint density at radius 2 is 2.13 bits per heavy atom. The average Bonchev–Trinajstić information content (AvgIpc) is 3.27. The van der Waals surface area contributed by atoms with Gasteiger partial charge in [-0.15, -0.1) is 0 Å². The number of rotatable bonds is 4. The predicted octanol–water partition coefficient (Wildman–Crippen LogP) is 1.76. The summed E-state index contributed by atoms with van der Waals surface area (Å²) in [4.78, 5) is 39.0. The number of hydrogen-bond acceptors (Lipinski definition) is 7. The predicted molar refractivity (Wildman–Crippen MR) is 113 cm³/mol. The Balaban J connectivity index is 1.52. The first-order valence-corrected chi connectivity index (χ1v) is 10.4. The van der Waals surface area contributed by atoms with Gasteiger partial charge in [0.2, 0.25) is 5.91 Å². The number of aromatic nitrogens is 4. The molecule has 5 rings (SSSR count). The van der Waals surface area contributed by atoms with E-state index in [-0.39, 0.29) is 23.3 Å². The highest BCUT2D eigenvalue weighted by Crippen LogP contribution is 2.42. The fourth-order valence-electron chi connectivity index (χ4n) is 4.92. The molecule has 2 aliphatic rings. The maximum Gasteiger partial charge on any atom is 0.251 e. The molecule has 9 heteroatoms. The molecule has 0 spiro atoms. The number of pyridine rings is 1. The molecule has 2 bridgehead atoms. The van der Waals surface area contributed by atoms with Crippen LogP contribution in [0.2, 0.25) is 0 Å². The molecule has 9 nitrogen and oxygen atoms in total. The van der Waals surface area contributed by atoms with Crippen molar-refractivity contribution in [1.82, 2.24) is 24.6 Å². The Bertz CT molecular complexity index is 1160. The minimum Gasteiger partial charge on any atom is -0.364 e. The van der Waals surface area contributed by atoms with Crippen LogP contribution in [-0.4, -0.2) is 50.6 Å². The Hall–Kier alpha value is -3.49. The third-order valence-corrected chi connectivity index (χ3v) is 6.28. The van der Waals surface area contributed by atoms with Gasteiger partial charge in [0.1, 0.15) is 30.1 Å². The van der Waals surface area contributed by atoms with Crippen molar-refractivity contribution in [3.05, 3.63) is 70.4 Å². The molecule has 160 valence electrons. The largest absolute Gasteiger partial charge is 0.364 e. The average molecular weight is 420 g/mol. The zero-order chi connectivity index (χ0) is 21.5. The third kappa shape index (κ3) is 3.49. The summed E-state index contributed by atoms with van der Waals surface area (Å²) in [6, 6.07) is 8.42. The fourth-order valence-corrected chi connectivity index (χ4v) is 4.92. The lowest BCUT2D eigenvalue weighted by Gasteiger charge is -2.47. The number of likely N-dealkylation sites (N-methyl/N-ethyl adjacent to an activating group) is 1. The Morgan fingerprint density at radius 3 is 2.90 bits per heavy atom. The van der Waals surface area contributed by atoms with Crippen molar-refractivity contribution in [2.45, 2.75) is 31.8 Å². The van der Waals surface area contributed by atoms with Crippen molar-refractivity contribution < 1.29 is 9.32 Å². The summed E-state index contributed by atoms with van der Waals surface area (Å²) in [5, 5.41) is 3.91. The van der Waals surface area contributed by atoms with Crippen molar-refractivity contribution >= 4 is 11.7 Å². The van der Waals surface area contributed by atoms with E-state index in [4.69, 9.17) is 4.52 Å². The van der Waals surface area contributed by atoms with E-state index in [0.29, 0.717) is 18.8 Å². The number of nitrogens with zero attached hydrogens (tertiary/aromatic N) is 6. The molecule has 3 aromatic rings. The van der Waals surface area contributed by atoms with Crippen LogP contribution in [0.25, 0.3) is 0 Å². The van der Waals surface area contributed by atoms with Crippen LogP contribution in [-0.2, 0) is 11.3 Å². The second-order valence-corrected chi connectivity index (χ2v) is 8.40. The van der Waals surface area contributed by atoms with Gasteiger partial charge in [0.05, 0.1) is 6.54 Å². The van der Waals surface area contributed by atoms with E-state index in [9.17, 15) is 9.59 Å². The summed E-state index contributed by atoms with van der Waals surface area (Å²) in [7, 11) is 1.74. The zero-order valence-corrected chi connectivity index (χ0v) is 17.5. The van der Waals surface area contributed by atoms with Crippen LogP contribution in [0.3, 0.4) is 0 Å². The third-order valence-electron chi connectivity index (χ3n) is 6.28. The number of piperidine rings is 1. The van der Waals surface area contributed by atoms with E-state index in [1.165, 1.54) is 12.3 Å². The smallest absolute Gasteiger partial charge is 0.251 e. The minimum atomic E-state index is -0.567. The number of fused-ring (bicyclic) bond motifs is 4. The summed E-state index contributed by atoms with van der Waals surface area (Å²) < 4.78 is 6.60. The van der Waals surface area contributed by atoms with Gasteiger partial charge in [-0.3, -0.25) is 14.2 Å². The summed E-state index contributed by atoms with van der Waals surface area (Å²) in [5.74, 6) is 0.916. The molecule has 2 aliphatic heterocycles. The maximum atomic E-state index is 13.6. The summed E-state index contributed by atoms with van der Waals surface area (Å²) >= 11 is 0. The number of aryl methyl sites for hydroxylation is 1. The number of hydrogen-bond donors (Lipinski definition) is 0. The molecule has 3 atom stereocenters. The van der Waals surface area contributed by atoms with Gasteiger partial charge in [-0.05, 0) is 19.4 Å². The molecule has 0 saturated carbocycles. The van der Waals surface area contributed by atoms with Crippen molar-refractivity contribution in [2.75, 3.05) is 25.0 Å². The van der Waals surface area contributed by atoms with Crippen LogP contribution in [0.15, 0.2) is 52.2 Å². The Labute approximate surface area is 179 Å². The number of anilines is 1. The highest BCUT2D eigenvalue weighted by Gasteiger charge is 2.44. The van der Waals surface area contributed by atoms with E-state index in [2.05, 4.69) is 20.0 Å². The maximum absolute atomic E-state index is 13.6. The number of carbonyl (C=O) groups is 1. The van der Waals surface area contributed by atoms with Gasteiger partial charge in [0, 0.05) is 61.6 Å². The standard InChI is InChI=1S/C22H24N6O3/c1-14-8-19(24-13-23-14)27-10-15-9-16(11-27)21(28-18(15)4-3-5-20(28)29)22(30)26(2)12-17-6-7-31-25-17/h3-8,13,15-16,21H,9-12H2,1-2H3/t15-,16+,21+/m0/s1.